The summed E-state index contributed by atoms with van der Waals surface area (Å²) in [5, 5.41) is 11.5. The van der Waals surface area contributed by atoms with Gasteiger partial charge in [-0.05, 0) is 39.1 Å². The summed E-state index contributed by atoms with van der Waals surface area (Å²) in [5.74, 6) is 0.178. The van der Waals surface area contributed by atoms with Crippen LogP contribution in [0.1, 0.15) is 12.8 Å². The summed E-state index contributed by atoms with van der Waals surface area (Å²) in [4.78, 5) is 31.7. The molecule has 0 radical (unpaired) electrons. The Hall–Kier alpha value is -2.48. The van der Waals surface area contributed by atoms with E-state index in [0.717, 1.165) is 12.8 Å². The average Bonchev–Trinajstić information content (AvgIpc) is 2.54. The summed E-state index contributed by atoms with van der Waals surface area (Å²) < 4.78 is 1.22. The van der Waals surface area contributed by atoms with Crippen LogP contribution in [0.4, 0.5) is 11.5 Å². The van der Waals surface area contributed by atoms with Crippen LogP contribution in [0.15, 0.2) is 29.2 Å². The number of likely N-dealkylation sites (N-methyl/N-ethyl adjacent to an activating group) is 1. The van der Waals surface area contributed by atoms with Gasteiger partial charge in [-0.1, -0.05) is 6.07 Å². The van der Waals surface area contributed by atoms with E-state index >= 15 is 0 Å². The molecule has 122 valence electrons. The van der Waals surface area contributed by atoms with E-state index in [9.17, 15) is 14.9 Å². The van der Waals surface area contributed by atoms with Crippen LogP contribution in [0, 0.1) is 10.1 Å². The lowest BCUT2D eigenvalue weighted by atomic mass is 10.0. The maximum Gasteiger partial charge on any atom is 0.376 e. The molecular formula is C15H19N5O3. The maximum absolute atomic E-state index is 12.5. The Morgan fingerprint density at radius 2 is 2.17 bits per heavy atom. The molecule has 0 saturated carbocycles. The van der Waals surface area contributed by atoms with Crippen LogP contribution in [0.3, 0.4) is 0 Å². The number of anilines is 1. The summed E-state index contributed by atoms with van der Waals surface area (Å²) in [6.45, 7) is 1.30. The third kappa shape index (κ3) is 2.77. The molecule has 1 unspecified atom stereocenters. The second-order valence-corrected chi connectivity index (χ2v) is 5.98. The fourth-order valence-corrected chi connectivity index (χ4v) is 3.02. The number of rotatable bonds is 3. The Morgan fingerprint density at radius 3 is 2.87 bits per heavy atom. The van der Waals surface area contributed by atoms with Crippen LogP contribution in [0.2, 0.25) is 0 Å². The molecule has 1 saturated heterocycles. The third-order valence-electron chi connectivity index (χ3n) is 4.30. The molecule has 0 N–H and O–H groups in total. The molecule has 1 fully saturated rings. The molecule has 0 aromatic carbocycles. The Labute approximate surface area is 133 Å². The minimum atomic E-state index is -0.637. The fourth-order valence-electron chi connectivity index (χ4n) is 3.02. The van der Waals surface area contributed by atoms with E-state index < -0.39 is 16.2 Å². The molecule has 8 nitrogen and oxygen atoms in total. The monoisotopic (exact) mass is 317 g/mol. The van der Waals surface area contributed by atoms with Gasteiger partial charge >= 0.3 is 11.2 Å². The topological polar surface area (TPSA) is 84.0 Å². The molecule has 2 aromatic rings. The van der Waals surface area contributed by atoms with Gasteiger partial charge in [0, 0.05) is 25.3 Å². The van der Waals surface area contributed by atoms with Gasteiger partial charge in [0.25, 0.3) is 0 Å². The lowest BCUT2D eigenvalue weighted by molar-refractivity contribution is -0.385. The van der Waals surface area contributed by atoms with Crippen LogP contribution in [-0.4, -0.2) is 52.4 Å². The fraction of sp³-hybridized carbons (Fsp3) is 0.467. The zero-order chi connectivity index (χ0) is 16.6. The minimum absolute atomic E-state index is 0.178. The van der Waals surface area contributed by atoms with E-state index in [1.165, 1.54) is 10.6 Å². The van der Waals surface area contributed by atoms with Crippen molar-refractivity contribution in [3.8, 4) is 0 Å². The van der Waals surface area contributed by atoms with E-state index in [2.05, 4.69) is 9.88 Å². The lowest BCUT2D eigenvalue weighted by Gasteiger charge is -2.36. The molecule has 2 aromatic heterocycles. The Bertz CT molecular complexity index is 801. The number of nitrogens with zero attached hydrogens (tertiary/aromatic N) is 5. The Morgan fingerprint density at radius 1 is 1.39 bits per heavy atom. The molecule has 8 heteroatoms. The van der Waals surface area contributed by atoms with Gasteiger partial charge in [-0.25, -0.2) is 4.98 Å². The first-order valence-corrected chi connectivity index (χ1v) is 7.56. The highest BCUT2D eigenvalue weighted by Crippen LogP contribution is 2.26. The highest BCUT2D eigenvalue weighted by Gasteiger charge is 2.31. The molecule has 0 aliphatic carbocycles. The number of fused-ring (bicyclic) bond motifs is 1. The SMILES string of the molecule is CN(C)C1CCCN(c2nc3ccccn3c(=O)c2[N+](=O)[O-])C1. The van der Waals surface area contributed by atoms with Gasteiger partial charge in [-0.3, -0.25) is 19.3 Å². The van der Waals surface area contributed by atoms with Gasteiger partial charge in [0.2, 0.25) is 5.82 Å². The summed E-state index contributed by atoms with van der Waals surface area (Å²) >= 11 is 0. The predicted molar refractivity (Wildman–Crippen MR) is 87.0 cm³/mol. The van der Waals surface area contributed by atoms with E-state index in [4.69, 9.17) is 0 Å². The van der Waals surface area contributed by atoms with Crippen LogP contribution < -0.4 is 10.5 Å². The van der Waals surface area contributed by atoms with Crippen molar-refractivity contribution in [1.29, 1.82) is 0 Å². The van der Waals surface area contributed by atoms with Gasteiger partial charge in [0.05, 0.1) is 4.92 Å². The van der Waals surface area contributed by atoms with Crippen molar-refractivity contribution in [2.75, 3.05) is 32.1 Å². The molecule has 1 aliphatic heterocycles. The summed E-state index contributed by atoms with van der Waals surface area (Å²) in [6, 6.07) is 5.39. The van der Waals surface area contributed by atoms with Crippen molar-refractivity contribution >= 4 is 17.2 Å². The minimum Gasteiger partial charge on any atom is -0.349 e. The largest absolute Gasteiger partial charge is 0.376 e. The molecule has 23 heavy (non-hydrogen) atoms. The maximum atomic E-state index is 12.5. The van der Waals surface area contributed by atoms with Crippen molar-refractivity contribution < 1.29 is 4.92 Å². The van der Waals surface area contributed by atoms with E-state index in [1.54, 1.807) is 18.2 Å². The van der Waals surface area contributed by atoms with Crippen LogP contribution in [0.25, 0.3) is 5.65 Å². The first kappa shape index (κ1) is 15.4. The smallest absolute Gasteiger partial charge is 0.349 e. The quantitative estimate of drug-likeness (QED) is 0.623. The summed E-state index contributed by atoms with van der Waals surface area (Å²) in [5.41, 5.74) is -0.666. The number of hydrogen-bond acceptors (Lipinski definition) is 6. The van der Waals surface area contributed by atoms with Crippen molar-refractivity contribution in [3.05, 3.63) is 44.9 Å². The van der Waals surface area contributed by atoms with E-state index in [1.807, 2.05) is 19.0 Å². The van der Waals surface area contributed by atoms with Gasteiger partial charge in [-0.15, -0.1) is 0 Å². The van der Waals surface area contributed by atoms with E-state index in [-0.39, 0.29) is 5.82 Å². The molecule has 0 amide bonds. The first-order valence-electron chi connectivity index (χ1n) is 7.56. The number of nitro groups is 1. The zero-order valence-electron chi connectivity index (χ0n) is 13.2. The Balaban J connectivity index is 2.14. The molecule has 1 atom stereocenters. The molecule has 0 bridgehead atoms. The number of piperidine rings is 1. The van der Waals surface area contributed by atoms with Crippen LogP contribution in [0.5, 0.6) is 0 Å². The molecule has 0 spiro atoms. The third-order valence-corrected chi connectivity index (χ3v) is 4.30. The number of hydrogen-bond donors (Lipinski definition) is 0. The van der Waals surface area contributed by atoms with Gasteiger partial charge in [-0.2, -0.15) is 0 Å². The molecule has 3 heterocycles. The van der Waals surface area contributed by atoms with E-state index in [0.29, 0.717) is 24.8 Å². The number of pyridine rings is 1. The highest BCUT2D eigenvalue weighted by atomic mass is 16.6. The predicted octanol–water partition coefficient (Wildman–Crippen LogP) is 1.13. The van der Waals surface area contributed by atoms with Crippen molar-refractivity contribution in [3.63, 3.8) is 0 Å². The van der Waals surface area contributed by atoms with Crippen molar-refractivity contribution in [1.82, 2.24) is 14.3 Å². The standard InChI is InChI=1S/C15H19N5O3/c1-17(2)11-6-5-8-18(10-11)14-13(20(22)23)15(21)19-9-4-3-7-12(19)16-14/h3-4,7,9,11H,5-6,8,10H2,1-2H3. The molecule has 3 rings (SSSR count). The van der Waals surface area contributed by atoms with Gasteiger partial charge in [0.15, 0.2) is 0 Å². The average molecular weight is 317 g/mol. The second-order valence-electron chi connectivity index (χ2n) is 5.98. The highest BCUT2D eigenvalue weighted by molar-refractivity contribution is 5.61. The van der Waals surface area contributed by atoms with Crippen molar-refractivity contribution in [2.45, 2.75) is 18.9 Å². The van der Waals surface area contributed by atoms with Crippen LogP contribution >= 0.6 is 0 Å². The van der Waals surface area contributed by atoms with Crippen LogP contribution in [-0.2, 0) is 0 Å². The number of aromatic nitrogens is 2. The first-order chi connectivity index (χ1) is 11.0. The van der Waals surface area contributed by atoms with Gasteiger partial charge in [0.1, 0.15) is 5.65 Å². The Kier molecular flexibility index (Phi) is 3.99. The summed E-state index contributed by atoms with van der Waals surface area (Å²) in [6.07, 6.45) is 3.44. The normalized spacial score (nSPS) is 18.6. The molecule has 1 aliphatic rings. The second kappa shape index (κ2) is 5.96. The van der Waals surface area contributed by atoms with Gasteiger partial charge < -0.3 is 9.80 Å². The van der Waals surface area contributed by atoms with Crippen molar-refractivity contribution in [2.24, 2.45) is 0 Å². The molecular weight excluding hydrogens is 298 g/mol. The zero-order valence-corrected chi connectivity index (χ0v) is 13.2. The summed E-state index contributed by atoms with van der Waals surface area (Å²) in [7, 11) is 3.98. The lowest BCUT2D eigenvalue weighted by Crippen LogP contribution is -2.46.